The summed E-state index contributed by atoms with van der Waals surface area (Å²) in [5, 5.41) is 12.9. The van der Waals surface area contributed by atoms with E-state index in [0.717, 1.165) is 77.0 Å². The molecule has 2 amide bonds. The van der Waals surface area contributed by atoms with E-state index in [1.807, 2.05) is 57.4 Å². The van der Waals surface area contributed by atoms with Gasteiger partial charge in [-0.25, -0.2) is 14.8 Å². The van der Waals surface area contributed by atoms with Crippen molar-refractivity contribution >= 4 is 41.0 Å². The zero-order chi connectivity index (χ0) is 35.2. The topological polar surface area (TPSA) is 186 Å². The van der Waals surface area contributed by atoms with E-state index in [1.165, 1.54) is 12.4 Å². The molecule has 2 fully saturated rings. The Balaban J connectivity index is 0.000000303. The van der Waals surface area contributed by atoms with Crippen molar-refractivity contribution in [1.82, 2.24) is 30.2 Å². The van der Waals surface area contributed by atoms with Crippen molar-refractivity contribution in [2.24, 2.45) is 10.7 Å². The number of piperidine rings is 1. The first kappa shape index (κ1) is 36.3. The van der Waals surface area contributed by atoms with Gasteiger partial charge in [-0.2, -0.15) is 0 Å². The lowest BCUT2D eigenvalue weighted by atomic mass is 9.94. The summed E-state index contributed by atoms with van der Waals surface area (Å²) in [5.74, 6) is -0.702. The summed E-state index contributed by atoms with van der Waals surface area (Å²) in [6.45, 7) is 8.77. The molecule has 0 radical (unpaired) electrons. The van der Waals surface area contributed by atoms with Crippen LogP contribution < -0.4 is 11.1 Å². The number of carboxylic acid groups (broad SMARTS) is 1. The van der Waals surface area contributed by atoms with Crippen LogP contribution in [-0.2, 0) is 20.9 Å². The number of hydrogen-bond acceptors (Lipinski definition) is 10. The number of aryl methyl sites for hydroxylation is 1. The minimum Gasteiger partial charge on any atom is -0.478 e. The average Bonchev–Trinajstić information content (AvgIpc) is 3.15. The number of carboxylic acids is 1. The molecule has 0 saturated carbocycles. The lowest BCUT2D eigenvalue weighted by Gasteiger charge is -2.30. The van der Waals surface area contributed by atoms with Crippen LogP contribution in [0.15, 0.2) is 71.8 Å². The van der Waals surface area contributed by atoms with Gasteiger partial charge in [0.05, 0.1) is 23.8 Å². The normalized spacial score (nSPS) is 16.5. The molecule has 0 atom stereocenters. The van der Waals surface area contributed by atoms with E-state index < -0.39 is 5.97 Å². The van der Waals surface area contributed by atoms with E-state index in [9.17, 15) is 14.4 Å². The number of nitrogens with one attached hydrogen (secondary N) is 1. The van der Waals surface area contributed by atoms with E-state index in [2.05, 4.69) is 32.4 Å². The average molecular weight is 667 g/mol. The number of nitrogens with two attached hydrogens (primary N) is 1. The molecule has 49 heavy (non-hydrogen) atoms. The Labute approximate surface area is 285 Å². The molecule has 0 spiro atoms. The number of fused-ring (bicyclic) bond motifs is 1. The smallest absolute Gasteiger partial charge is 0.338 e. The minimum atomic E-state index is -1.07. The number of carbonyl (C=O) groups is 3. The van der Waals surface area contributed by atoms with Gasteiger partial charge in [0, 0.05) is 96.7 Å². The first-order valence-electron chi connectivity index (χ1n) is 16.2. The molecule has 0 unspecified atom stereocenters. The Bertz CT molecular complexity index is 1790. The third-order valence-corrected chi connectivity index (χ3v) is 7.91. The second-order valence-corrected chi connectivity index (χ2v) is 11.1. The van der Waals surface area contributed by atoms with Gasteiger partial charge in [0.15, 0.2) is 0 Å². The van der Waals surface area contributed by atoms with E-state index in [-0.39, 0.29) is 18.2 Å². The molecule has 4 aromatic rings. The van der Waals surface area contributed by atoms with Crippen molar-refractivity contribution in [1.29, 1.82) is 0 Å². The molecule has 2 aliphatic rings. The number of amides is 2. The van der Waals surface area contributed by atoms with Gasteiger partial charge in [0.2, 0.25) is 12.8 Å². The lowest BCUT2D eigenvalue weighted by Crippen LogP contribution is -2.37. The molecule has 6 rings (SSSR count). The fourth-order valence-electron chi connectivity index (χ4n) is 5.32. The first-order chi connectivity index (χ1) is 23.9. The van der Waals surface area contributed by atoms with Gasteiger partial charge >= 0.3 is 5.97 Å². The maximum Gasteiger partial charge on any atom is 0.338 e. The maximum atomic E-state index is 11.6. The van der Waals surface area contributed by atoms with Crippen molar-refractivity contribution < 1.29 is 24.2 Å². The highest BCUT2D eigenvalue weighted by molar-refractivity contribution is 6.09. The highest BCUT2D eigenvalue weighted by Crippen LogP contribution is 2.29. The summed E-state index contributed by atoms with van der Waals surface area (Å²) in [6.07, 6.45) is 10.1. The zero-order valence-electron chi connectivity index (χ0n) is 28.0. The predicted octanol–water partition coefficient (Wildman–Crippen LogP) is 4.20. The molecule has 4 N–H and O–H groups in total. The Morgan fingerprint density at radius 2 is 1.82 bits per heavy atom. The van der Waals surface area contributed by atoms with Gasteiger partial charge in [-0.3, -0.25) is 24.5 Å². The molecule has 5 heterocycles. The number of benzene rings is 1. The minimum absolute atomic E-state index is 0.0230. The fraction of sp³-hybridized carbons (Fsp3) is 0.333. The summed E-state index contributed by atoms with van der Waals surface area (Å²) in [5.41, 5.74) is 13.2. The van der Waals surface area contributed by atoms with Gasteiger partial charge in [-0.1, -0.05) is 32.0 Å². The van der Waals surface area contributed by atoms with Crippen molar-refractivity contribution in [3.05, 3.63) is 89.4 Å². The maximum absolute atomic E-state index is 11.6. The summed E-state index contributed by atoms with van der Waals surface area (Å²) in [4.78, 5) is 55.2. The van der Waals surface area contributed by atoms with Crippen LogP contribution in [0.3, 0.4) is 0 Å². The number of aliphatic imine (C=N–C) groups is 1. The Morgan fingerprint density at radius 1 is 1.06 bits per heavy atom. The van der Waals surface area contributed by atoms with Crippen molar-refractivity contribution in [3.8, 4) is 11.3 Å². The predicted molar refractivity (Wildman–Crippen MR) is 188 cm³/mol. The molecule has 13 heteroatoms. The van der Waals surface area contributed by atoms with E-state index in [1.54, 1.807) is 4.90 Å². The number of likely N-dealkylation sites (tertiary alicyclic amines) is 1. The van der Waals surface area contributed by atoms with E-state index in [0.29, 0.717) is 37.4 Å². The summed E-state index contributed by atoms with van der Waals surface area (Å²) < 4.78 is 5.49. The van der Waals surface area contributed by atoms with Crippen LogP contribution in [0.1, 0.15) is 60.5 Å². The first-order valence-corrected chi connectivity index (χ1v) is 16.2. The molecule has 13 nitrogen and oxygen atoms in total. The molecule has 0 bridgehead atoms. The third kappa shape index (κ3) is 9.73. The fourth-order valence-corrected chi connectivity index (χ4v) is 5.32. The number of pyridine rings is 2. The second-order valence-electron chi connectivity index (χ2n) is 11.1. The zero-order valence-corrected chi connectivity index (χ0v) is 28.0. The number of hydrogen-bond donors (Lipinski definition) is 3. The summed E-state index contributed by atoms with van der Waals surface area (Å²) in [6, 6.07) is 12.4. The van der Waals surface area contributed by atoms with Gasteiger partial charge in [0.25, 0.3) is 0 Å². The van der Waals surface area contributed by atoms with Crippen LogP contribution >= 0.6 is 0 Å². The van der Waals surface area contributed by atoms with Crippen LogP contribution in [0.4, 0.5) is 0 Å². The quantitative estimate of drug-likeness (QED) is 0.230. The number of carbonyl (C=O) groups excluding carboxylic acids is 2. The summed E-state index contributed by atoms with van der Waals surface area (Å²) in [7, 11) is 0. The highest BCUT2D eigenvalue weighted by Gasteiger charge is 2.24. The molecule has 0 aliphatic carbocycles. The van der Waals surface area contributed by atoms with Crippen molar-refractivity contribution in [2.75, 3.05) is 26.3 Å². The standard InChI is InChI=1S/C27H29N5O2.C7H7N3O3.C2H6/c1-18-5-6-20(14-29-18)26-13-19-3-2-4-22(23(19)15-30-26)27(28)24-16-32(17-33)10-7-25(24)31-21-8-11-34-12-9-21;11-4-8-3-6-9-1-5(2-10-6)7(12)13;1-2/h2-6,13-15,17,21H,7-12,16,28H2,1H3;1-2,4H,3H2,(H,8,11)(H,12,13);1-2H3/b27-24-,31-25?;;. The Hall–Kier alpha value is -5.56. The van der Waals surface area contributed by atoms with Gasteiger partial charge < -0.3 is 25.8 Å². The molecular weight excluding hydrogens is 624 g/mol. The Kier molecular flexibility index (Phi) is 13.4. The van der Waals surface area contributed by atoms with Crippen molar-refractivity contribution in [2.45, 2.75) is 52.6 Å². The Morgan fingerprint density at radius 3 is 2.47 bits per heavy atom. The summed E-state index contributed by atoms with van der Waals surface area (Å²) >= 11 is 0. The van der Waals surface area contributed by atoms with Crippen LogP contribution in [-0.4, -0.2) is 86.8 Å². The molecule has 3 aromatic heterocycles. The highest BCUT2D eigenvalue weighted by atomic mass is 16.5. The van der Waals surface area contributed by atoms with Crippen LogP contribution in [0.5, 0.6) is 0 Å². The molecule has 1 aromatic carbocycles. The third-order valence-electron chi connectivity index (χ3n) is 7.91. The SMILES string of the molecule is CC.Cc1ccc(-c2cc3cccc(/C(N)=C4\CN(C=O)CCC4=NC4CCOCC4)c3cn2)cn1.O=CNCc1ncc(C(=O)O)cn1. The number of aromatic carboxylic acids is 1. The molecule has 2 aliphatic heterocycles. The number of ether oxygens (including phenoxy) is 1. The molecular formula is C36H42N8O5. The van der Waals surface area contributed by atoms with E-state index >= 15 is 0 Å². The van der Waals surface area contributed by atoms with Crippen LogP contribution in [0, 0.1) is 6.92 Å². The lowest BCUT2D eigenvalue weighted by molar-refractivity contribution is -0.117. The number of aromatic nitrogens is 4. The molecule has 256 valence electrons. The van der Waals surface area contributed by atoms with Crippen molar-refractivity contribution in [3.63, 3.8) is 0 Å². The van der Waals surface area contributed by atoms with Gasteiger partial charge in [-0.05, 0) is 43.4 Å². The van der Waals surface area contributed by atoms with Crippen LogP contribution in [0.25, 0.3) is 27.7 Å². The number of rotatable bonds is 8. The second kappa shape index (κ2) is 18.1. The number of nitrogens with zero attached hydrogens (tertiary/aromatic N) is 6. The largest absolute Gasteiger partial charge is 0.478 e. The van der Waals surface area contributed by atoms with E-state index in [4.69, 9.17) is 25.6 Å². The monoisotopic (exact) mass is 666 g/mol. The molecule has 2 saturated heterocycles. The van der Waals surface area contributed by atoms with Crippen LogP contribution in [0.2, 0.25) is 0 Å². The van der Waals surface area contributed by atoms with Gasteiger partial charge in [0.1, 0.15) is 5.82 Å². The van der Waals surface area contributed by atoms with Gasteiger partial charge in [-0.15, -0.1) is 0 Å².